The molecule has 1 N–H and O–H groups in total. The second-order valence-corrected chi connectivity index (χ2v) is 7.57. The fourth-order valence-corrected chi connectivity index (χ4v) is 4.05. The van der Waals surface area contributed by atoms with E-state index < -0.39 is 6.10 Å². The van der Waals surface area contributed by atoms with Crippen molar-refractivity contribution in [2.24, 2.45) is 0 Å². The predicted molar refractivity (Wildman–Crippen MR) is 103 cm³/mol. The largest absolute Gasteiger partial charge is 0.480 e. The lowest BCUT2D eigenvalue weighted by atomic mass is 10.1. The molecule has 1 saturated heterocycles. The van der Waals surface area contributed by atoms with Crippen LogP contribution in [0.2, 0.25) is 5.02 Å². The van der Waals surface area contributed by atoms with Gasteiger partial charge in [0.15, 0.2) is 6.10 Å². The van der Waals surface area contributed by atoms with Gasteiger partial charge in [0.05, 0.1) is 0 Å². The van der Waals surface area contributed by atoms with Crippen LogP contribution in [0.4, 0.5) is 0 Å². The van der Waals surface area contributed by atoms with Crippen molar-refractivity contribution in [3.63, 3.8) is 0 Å². The zero-order valence-electron chi connectivity index (χ0n) is 14.8. The van der Waals surface area contributed by atoms with Crippen molar-refractivity contribution in [2.45, 2.75) is 38.0 Å². The van der Waals surface area contributed by atoms with Gasteiger partial charge in [0.1, 0.15) is 5.75 Å². The average Bonchev–Trinajstić information content (AvgIpc) is 3.28. The molecule has 136 valence electrons. The molecule has 0 bridgehead atoms. The van der Waals surface area contributed by atoms with Crippen LogP contribution in [0.1, 0.15) is 30.5 Å². The Hall–Kier alpha value is -2.04. The minimum Gasteiger partial charge on any atom is -0.480 e. The maximum atomic E-state index is 12.6. The summed E-state index contributed by atoms with van der Waals surface area (Å²) in [5.74, 6) is 0.733. The third-order valence-corrected chi connectivity index (χ3v) is 5.62. The van der Waals surface area contributed by atoms with Crippen LogP contribution in [0.5, 0.6) is 5.75 Å². The third kappa shape index (κ3) is 3.57. The van der Waals surface area contributed by atoms with Gasteiger partial charge in [-0.1, -0.05) is 41.9 Å². The van der Waals surface area contributed by atoms with E-state index in [1.807, 2.05) is 18.2 Å². The molecule has 26 heavy (non-hydrogen) atoms. The van der Waals surface area contributed by atoms with Crippen LogP contribution in [-0.2, 0) is 11.2 Å². The van der Waals surface area contributed by atoms with E-state index in [2.05, 4.69) is 41.4 Å². The van der Waals surface area contributed by atoms with Crippen LogP contribution in [0.15, 0.2) is 48.5 Å². The Morgan fingerprint density at radius 3 is 2.88 bits per heavy atom. The van der Waals surface area contributed by atoms with Crippen molar-refractivity contribution < 1.29 is 9.53 Å². The molecule has 4 nitrogen and oxygen atoms in total. The first-order chi connectivity index (χ1) is 12.6. The lowest BCUT2D eigenvalue weighted by Crippen LogP contribution is -2.44. The summed E-state index contributed by atoms with van der Waals surface area (Å²) in [5, 5.41) is 3.84. The summed E-state index contributed by atoms with van der Waals surface area (Å²) in [6.07, 6.45) is 1.09. The molecule has 0 spiro atoms. The fraction of sp³-hybridized carbons (Fsp3) is 0.381. The second-order valence-electron chi connectivity index (χ2n) is 7.14. The van der Waals surface area contributed by atoms with Gasteiger partial charge in [-0.3, -0.25) is 9.69 Å². The summed E-state index contributed by atoms with van der Waals surface area (Å²) >= 11 is 6.02. The minimum atomic E-state index is -0.455. The SMILES string of the molecule is CC(c1ccccc1)N1CCC(NC(=O)C2Cc3cc(Cl)ccc3O2)C1. The molecular formula is C21H23ClN2O2. The first-order valence-electron chi connectivity index (χ1n) is 9.14. The van der Waals surface area contributed by atoms with Crippen LogP contribution in [-0.4, -0.2) is 36.0 Å². The Labute approximate surface area is 159 Å². The van der Waals surface area contributed by atoms with E-state index in [-0.39, 0.29) is 11.9 Å². The van der Waals surface area contributed by atoms with Gasteiger partial charge >= 0.3 is 0 Å². The van der Waals surface area contributed by atoms with Crippen molar-refractivity contribution in [2.75, 3.05) is 13.1 Å². The molecule has 0 aliphatic carbocycles. The number of carbonyl (C=O) groups is 1. The average molecular weight is 371 g/mol. The standard InChI is InChI=1S/C21H23ClN2O2/c1-14(15-5-3-2-4-6-15)24-10-9-18(13-24)23-21(25)20-12-16-11-17(22)7-8-19(16)26-20/h2-8,11,14,18,20H,9-10,12-13H2,1H3,(H,23,25). The minimum absolute atomic E-state index is 0.0310. The van der Waals surface area contributed by atoms with E-state index >= 15 is 0 Å². The summed E-state index contributed by atoms with van der Waals surface area (Å²) in [4.78, 5) is 15.0. The first-order valence-corrected chi connectivity index (χ1v) is 9.52. The van der Waals surface area contributed by atoms with Crippen molar-refractivity contribution in [1.82, 2.24) is 10.2 Å². The molecule has 3 unspecified atom stereocenters. The number of likely N-dealkylation sites (tertiary alicyclic amines) is 1. The molecule has 2 aromatic rings. The van der Waals surface area contributed by atoms with E-state index in [0.29, 0.717) is 17.5 Å². The van der Waals surface area contributed by atoms with Gasteiger partial charge in [-0.25, -0.2) is 0 Å². The van der Waals surface area contributed by atoms with E-state index in [1.165, 1.54) is 5.56 Å². The molecule has 0 saturated carbocycles. The predicted octanol–water partition coefficient (Wildman–Crippen LogP) is 3.60. The summed E-state index contributed by atoms with van der Waals surface area (Å²) in [5.41, 5.74) is 2.31. The molecular weight excluding hydrogens is 348 g/mol. The van der Waals surface area contributed by atoms with Crippen molar-refractivity contribution in [3.8, 4) is 5.75 Å². The maximum Gasteiger partial charge on any atom is 0.261 e. The fourth-order valence-electron chi connectivity index (χ4n) is 3.86. The number of rotatable bonds is 4. The Balaban J connectivity index is 1.32. The molecule has 2 aliphatic heterocycles. The van der Waals surface area contributed by atoms with E-state index in [0.717, 1.165) is 30.8 Å². The van der Waals surface area contributed by atoms with E-state index in [1.54, 1.807) is 6.07 Å². The maximum absolute atomic E-state index is 12.6. The number of amides is 1. The van der Waals surface area contributed by atoms with Crippen molar-refractivity contribution in [1.29, 1.82) is 0 Å². The number of halogens is 1. The summed E-state index contributed by atoms with van der Waals surface area (Å²) in [6, 6.07) is 16.5. The highest BCUT2D eigenvalue weighted by Gasteiger charge is 2.33. The number of nitrogens with one attached hydrogen (secondary N) is 1. The third-order valence-electron chi connectivity index (χ3n) is 5.39. The highest BCUT2D eigenvalue weighted by atomic mass is 35.5. The van der Waals surface area contributed by atoms with Crippen molar-refractivity contribution >= 4 is 17.5 Å². The number of benzene rings is 2. The topological polar surface area (TPSA) is 41.6 Å². The quantitative estimate of drug-likeness (QED) is 0.894. The number of hydrogen-bond donors (Lipinski definition) is 1. The molecule has 4 rings (SSSR count). The van der Waals surface area contributed by atoms with E-state index in [9.17, 15) is 4.79 Å². The lowest BCUT2D eigenvalue weighted by molar-refractivity contribution is -0.127. The highest BCUT2D eigenvalue weighted by molar-refractivity contribution is 6.30. The van der Waals surface area contributed by atoms with Gasteiger partial charge in [-0.2, -0.15) is 0 Å². The smallest absolute Gasteiger partial charge is 0.261 e. The molecule has 2 heterocycles. The number of fused-ring (bicyclic) bond motifs is 1. The molecule has 3 atom stereocenters. The monoisotopic (exact) mass is 370 g/mol. The van der Waals surface area contributed by atoms with Crippen LogP contribution in [0.25, 0.3) is 0 Å². The zero-order valence-corrected chi connectivity index (χ0v) is 15.6. The Kier molecular flexibility index (Phi) is 4.88. The molecule has 0 aromatic heterocycles. The zero-order chi connectivity index (χ0) is 18.1. The highest BCUT2D eigenvalue weighted by Crippen LogP contribution is 2.31. The Bertz CT molecular complexity index is 796. The van der Waals surface area contributed by atoms with Gasteiger partial charge in [0, 0.05) is 36.6 Å². The van der Waals surface area contributed by atoms with E-state index in [4.69, 9.17) is 16.3 Å². The molecule has 1 amide bonds. The molecule has 2 aliphatic rings. The van der Waals surface area contributed by atoms with Gasteiger partial charge < -0.3 is 10.1 Å². The van der Waals surface area contributed by atoms with Crippen LogP contribution < -0.4 is 10.1 Å². The molecule has 2 aromatic carbocycles. The number of carbonyl (C=O) groups excluding carboxylic acids is 1. The molecule has 1 fully saturated rings. The van der Waals surface area contributed by atoms with Gasteiger partial charge in [-0.15, -0.1) is 0 Å². The van der Waals surface area contributed by atoms with Crippen LogP contribution in [0.3, 0.4) is 0 Å². The van der Waals surface area contributed by atoms with Crippen LogP contribution in [0, 0.1) is 0 Å². The first kappa shape index (κ1) is 17.4. The Morgan fingerprint density at radius 1 is 1.27 bits per heavy atom. The van der Waals surface area contributed by atoms with Gasteiger partial charge in [0.25, 0.3) is 5.91 Å². The Morgan fingerprint density at radius 2 is 2.08 bits per heavy atom. The number of nitrogens with zero attached hydrogens (tertiary/aromatic N) is 1. The van der Waals surface area contributed by atoms with Gasteiger partial charge in [-0.05, 0) is 42.7 Å². The van der Waals surface area contributed by atoms with Crippen LogP contribution >= 0.6 is 11.6 Å². The van der Waals surface area contributed by atoms with Crippen molar-refractivity contribution in [3.05, 3.63) is 64.7 Å². The second kappa shape index (κ2) is 7.29. The number of hydrogen-bond acceptors (Lipinski definition) is 3. The molecule has 5 heteroatoms. The summed E-state index contributed by atoms with van der Waals surface area (Å²) in [7, 11) is 0. The van der Waals surface area contributed by atoms with Gasteiger partial charge in [0.2, 0.25) is 0 Å². The summed E-state index contributed by atoms with van der Waals surface area (Å²) in [6.45, 7) is 4.08. The number of ether oxygens (including phenoxy) is 1. The molecule has 0 radical (unpaired) electrons. The summed E-state index contributed by atoms with van der Waals surface area (Å²) < 4.78 is 5.79. The normalized spacial score (nSPS) is 23.3. The lowest BCUT2D eigenvalue weighted by Gasteiger charge is -2.25.